The van der Waals surface area contributed by atoms with E-state index in [1.807, 2.05) is 11.3 Å². The van der Waals surface area contributed by atoms with Gasteiger partial charge < -0.3 is 9.64 Å². The van der Waals surface area contributed by atoms with Crippen LogP contribution < -0.4 is 0 Å². The van der Waals surface area contributed by atoms with Gasteiger partial charge in [-0.3, -0.25) is 0 Å². The van der Waals surface area contributed by atoms with Crippen LogP contribution in [0.25, 0.3) is 0 Å². The lowest BCUT2D eigenvalue weighted by atomic mass is 9.82. The fourth-order valence-electron chi connectivity index (χ4n) is 4.95. The highest BCUT2D eigenvalue weighted by molar-refractivity contribution is 7.88. The summed E-state index contributed by atoms with van der Waals surface area (Å²) in [4.78, 5) is 5.63. The van der Waals surface area contributed by atoms with Crippen LogP contribution in [0.3, 0.4) is 0 Å². The van der Waals surface area contributed by atoms with E-state index in [9.17, 15) is 8.42 Å². The molecule has 0 atom stereocenters. The minimum absolute atomic E-state index is 0.0480. The van der Waals surface area contributed by atoms with Crippen molar-refractivity contribution >= 4 is 21.4 Å². The Morgan fingerprint density at radius 3 is 2.56 bits per heavy atom. The zero-order chi connectivity index (χ0) is 19.1. The third-order valence-corrected chi connectivity index (χ3v) is 9.27. The molecule has 3 aliphatic heterocycles. The van der Waals surface area contributed by atoms with Crippen LogP contribution in [-0.4, -0.2) is 63.2 Å². The van der Waals surface area contributed by atoms with E-state index in [2.05, 4.69) is 17.9 Å². The molecule has 4 rings (SSSR count). The molecule has 3 aliphatic rings. The summed E-state index contributed by atoms with van der Waals surface area (Å²) in [5.74, 6) is 0.618. The first-order chi connectivity index (χ1) is 12.9. The minimum atomic E-state index is -3.03. The summed E-state index contributed by atoms with van der Waals surface area (Å²) in [5, 5.41) is 0. The first kappa shape index (κ1) is 19.8. The Labute approximate surface area is 167 Å². The third-order valence-electron chi connectivity index (χ3n) is 6.63. The van der Waals surface area contributed by atoms with Crippen molar-refractivity contribution < 1.29 is 13.2 Å². The van der Waals surface area contributed by atoms with E-state index in [1.165, 1.54) is 16.7 Å². The lowest BCUT2D eigenvalue weighted by Gasteiger charge is -2.45. The molecule has 0 aliphatic carbocycles. The van der Waals surface area contributed by atoms with Crippen molar-refractivity contribution in [2.45, 2.75) is 51.0 Å². The van der Waals surface area contributed by atoms with Gasteiger partial charge in [-0.05, 0) is 49.7 Å². The summed E-state index contributed by atoms with van der Waals surface area (Å²) in [6.07, 6.45) is 7.66. The first-order valence-corrected chi connectivity index (χ1v) is 13.0. The minimum Gasteiger partial charge on any atom is -0.370 e. The van der Waals surface area contributed by atoms with Gasteiger partial charge in [0.15, 0.2) is 0 Å². The number of sulfonamides is 1. The summed E-state index contributed by atoms with van der Waals surface area (Å²) < 4.78 is 31.4. The second-order valence-electron chi connectivity index (χ2n) is 8.40. The average molecular weight is 413 g/mol. The predicted molar refractivity (Wildman–Crippen MR) is 110 cm³/mol. The van der Waals surface area contributed by atoms with Crippen LogP contribution in [0.4, 0.5) is 0 Å². The molecular weight excluding hydrogens is 380 g/mol. The molecule has 1 spiro atoms. The molecule has 7 heteroatoms. The fraction of sp³-hybridized carbons (Fsp3) is 0.800. The molecule has 1 aromatic heterocycles. The van der Waals surface area contributed by atoms with Crippen LogP contribution in [0.15, 0.2) is 6.07 Å². The van der Waals surface area contributed by atoms with Gasteiger partial charge in [-0.15, -0.1) is 11.3 Å². The predicted octanol–water partition coefficient (Wildman–Crippen LogP) is 2.85. The molecule has 4 heterocycles. The van der Waals surface area contributed by atoms with Gasteiger partial charge in [-0.2, -0.15) is 0 Å². The number of aryl methyl sites for hydroxylation is 1. The monoisotopic (exact) mass is 412 g/mol. The van der Waals surface area contributed by atoms with Crippen LogP contribution in [0, 0.1) is 5.92 Å². The first-order valence-electron chi connectivity index (χ1n) is 10.3. The van der Waals surface area contributed by atoms with Gasteiger partial charge in [-0.25, -0.2) is 12.7 Å². The molecule has 0 amide bonds. The highest BCUT2D eigenvalue weighted by Gasteiger charge is 2.42. The summed E-state index contributed by atoms with van der Waals surface area (Å²) >= 11 is 1.99. The molecule has 0 saturated carbocycles. The lowest BCUT2D eigenvalue weighted by molar-refractivity contribution is -0.0987. The molecule has 2 fully saturated rings. The number of piperidine rings is 2. The summed E-state index contributed by atoms with van der Waals surface area (Å²) in [6.45, 7) is 7.74. The van der Waals surface area contributed by atoms with E-state index in [-0.39, 0.29) is 5.60 Å². The zero-order valence-corrected chi connectivity index (χ0v) is 18.2. The van der Waals surface area contributed by atoms with Crippen LogP contribution in [-0.2, 0) is 33.2 Å². The number of hydrogen-bond acceptors (Lipinski definition) is 5. The summed E-state index contributed by atoms with van der Waals surface area (Å²) in [5.41, 5.74) is 1.44. The van der Waals surface area contributed by atoms with E-state index in [1.54, 1.807) is 9.18 Å². The van der Waals surface area contributed by atoms with Crippen LogP contribution in [0.5, 0.6) is 0 Å². The van der Waals surface area contributed by atoms with Crippen molar-refractivity contribution in [3.05, 3.63) is 21.4 Å². The second kappa shape index (κ2) is 7.75. The SMILES string of the molecule is CCc1cc2c(s1)CCOC21CCN(CC2CCN(S(C)(=O)=O)CC2)CC1. The van der Waals surface area contributed by atoms with Gasteiger partial charge in [0.05, 0.1) is 18.5 Å². The van der Waals surface area contributed by atoms with E-state index >= 15 is 0 Å². The van der Waals surface area contributed by atoms with Crippen molar-refractivity contribution in [3.63, 3.8) is 0 Å². The number of rotatable bonds is 4. The van der Waals surface area contributed by atoms with E-state index in [0.717, 1.165) is 64.8 Å². The zero-order valence-electron chi connectivity index (χ0n) is 16.6. The van der Waals surface area contributed by atoms with Crippen molar-refractivity contribution in [2.24, 2.45) is 5.92 Å². The van der Waals surface area contributed by atoms with Gasteiger partial charge in [0.2, 0.25) is 10.0 Å². The Morgan fingerprint density at radius 2 is 1.93 bits per heavy atom. The molecule has 2 saturated heterocycles. The van der Waals surface area contributed by atoms with E-state index in [4.69, 9.17) is 4.74 Å². The number of ether oxygens (including phenoxy) is 1. The molecule has 0 N–H and O–H groups in total. The molecule has 27 heavy (non-hydrogen) atoms. The number of nitrogens with zero attached hydrogens (tertiary/aromatic N) is 2. The molecule has 5 nitrogen and oxygen atoms in total. The molecule has 0 bridgehead atoms. The van der Waals surface area contributed by atoms with Crippen molar-refractivity contribution in [2.75, 3.05) is 45.6 Å². The maximum Gasteiger partial charge on any atom is 0.211 e. The highest BCUT2D eigenvalue weighted by Crippen LogP contribution is 2.44. The Balaban J connectivity index is 1.33. The molecular formula is C20H32N2O3S2. The molecule has 0 aromatic carbocycles. The van der Waals surface area contributed by atoms with Crippen molar-refractivity contribution in [1.29, 1.82) is 0 Å². The number of hydrogen-bond donors (Lipinski definition) is 0. The summed E-state index contributed by atoms with van der Waals surface area (Å²) in [6, 6.07) is 2.41. The topological polar surface area (TPSA) is 49.9 Å². The maximum atomic E-state index is 11.7. The van der Waals surface area contributed by atoms with Gasteiger partial charge in [-0.1, -0.05) is 6.92 Å². The van der Waals surface area contributed by atoms with E-state index < -0.39 is 10.0 Å². The number of likely N-dealkylation sites (tertiary alicyclic amines) is 1. The highest BCUT2D eigenvalue weighted by atomic mass is 32.2. The van der Waals surface area contributed by atoms with Crippen molar-refractivity contribution in [1.82, 2.24) is 9.21 Å². The van der Waals surface area contributed by atoms with Crippen molar-refractivity contribution in [3.8, 4) is 0 Å². The lowest BCUT2D eigenvalue weighted by Crippen LogP contribution is -2.48. The van der Waals surface area contributed by atoms with E-state index in [0.29, 0.717) is 19.0 Å². The van der Waals surface area contributed by atoms with Crippen LogP contribution >= 0.6 is 11.3 Å². The number of thiophene rings is 1. The van der Waals surface area contributed by atoms with Gasteiger partial charge in [0.1, 0.15) is 0 Å². The largest absolute Gasteiger partial charge is 0.370 e. The molecule has 152 valence electrons. The third kappa shape index (κ3) is 4.13. The smallest absolute Gasteiger partial charge is 0.211 e. The fourth-order valence-corrected chi connectivity index (χ4v) is 7.00. The Kier molecular flexibility index (Phi) is 5.69. The summed E-state index contributed by atoms with van der Waals surface area (Å²) in [7, 11) is -3.03. The van der Waals surface area contributed by atoms with Crippen LogP contribution in [0.1, 0.15) is 47.9 Å². The maximum absolute atomic E-state index is 11.7. The molecule has 1 aromatic rings. The van der Waals surface area contributed by atoms with Gasteiger partial charge in [0, 0.05) is 48.9 Å². The number of fused-ring (bicyclic) bond motifs is 2. The van der Waals surface area contributed by atoms with Crippen LogP contribution in [0.2, 0.25) is 0 Å². The van der Waals surface area contributed by atoms with Gasteiger partial charge in [0.25, 0.3) is 0 Å². The Bertz CT molecular complexity index is 758. The quantitative estimate of drug-likeness (QED) is 0.763. The van der Waals surface area contributed by atoms with Gasteiger partial charge >= 0.3 is 0 Å². The Morgan fingerprint density at radius 1 is 1.22 bits per heavy atom. The Hall–Kier alpha value is -0.470. The standard InChI is InChI=1S/C20H32N2O3S2/c1-3-17-14-18-19(26-17)6-13-25-20(18)7-11-21(12-8-20)15-16-4-9-22(10-5-16)27(2,23)24/h14,16H,3-13,15H2,1-2H3. The second-order valence-corrected chi connectivity index (χ2v) is 11.6. The molecule has 0 unspecified atom stereocenters. The molecule has 0 radical (unpaired) electrons. The normalized spacial score (nSPS) is 25.0. The average Bonchev–Trinajstić information content (AvgIpc) is 3.09.